The lowest BCUT2D eigenvalue weighted by Gasteiger charge is -1.91. The molecule has 2 aromatic rings. The van der Waals surface area contributed by atoms with Crippen LogP contribution in [0, 0.1) is 0 Å². The summed E-state index contributed by atoms with van der Waals surface area (Å²) in [5.74, 6) is 0. The van der Waals surface area contributed by atoms with Gasteiger partial charge in [-0.25, -0.2) is 0 Å². The highest BCUT2D eigenvalue weighted by Crippen LogP contribution is 2.18. The summed E-state index contributed by atoms with van der Waals surface area (Å²) < 4.78 is 18.3. The normalized spacial score (nSPS) is 9.38. The summed E-state index contributed by atoms with van der Waals surface area (Å²) in [5, 5.41) is 1.20. The maximum absolute atomic E-state index is 9.88. The molecule has 0 aliphatic heterocycles. The summed E-state index contributed by atoms with van der Waals surface area (Å²) in [6.45, 7) is 0. The number of benzene rings is 1. The van der Waals surface area contributed by atoms with Crippen LogP contribution in [0.15, 0.2) is 42.6 Å². The highest BCUT2D eigenvalue weighted by atomic mass is 31.1. The summed E-state index contributed by atoms with van der Waals surface area (Å²) in [4.78, 5) is 4.18. The molecule has 0 fully saturated rings. The molecule has 0 radical (unpaired) electrons. The molecule has 0 saturated carbocycles. The van der Waals surface area contributed by atoms with Crippen LogP contribution in [0.2, 0.25) is 0 Å². The van der Waals surface area contributed by atoms with E-state index in [1.165, 1.54) is 19.6 Å². The van der Waals surface area contributed by atoms with Crippen LogP contribution in [0.25, 0.3) is 10.9 Å². The Kier molecular flexibility index (Phi) is 5.57. The molecule has 0 amide bonds. The average Bonchev–Trinajstić information content (AvgIpc) is 2.38. The van der Waals surface area contributed by atoms with E-state index in [0.717, 1.165) is 5.52 Å². The molecule has 5 heteroatoms. The van der Waals surface area contributed by atoms with Crippen LogP contribution in [-0.4, -0.2) is 19.2 Å². The minimum atomic E-state index is -1.83. The standard InChI is InChI=1S/C9H7N.C2H6O3P/c1-2-6-9-8(4-1)5-3-7-10-9;1-4-6(3)5-2/h1-7H;1-2H3/q;+1. The van der Waals surface area contributed by atoms with Crippen molar-refractivity contribution in [2.45, 2.75) is 0 Å². The van der Waals surface area contributed by atoms with Crippen LogP contribution < -0.4 is 0 Å². The molecular weight excluding hydrogens is 225 g/mol. The summed E-state index contributed by atoms with van der Waals surface area (Å²) in [5.41, 5.74) is 1.06. The summed E-state index contributed by atoms with van der Waals surface area (Å²) >= 11 is 0. The smallest absolute Gasteiger partial charge is 0.256 e. The first-order valence-electron chi connectivity index (χ1n) is 4.63. The monoisotopic (exact) mass is 238 g/mol. The number of para-hydroxylation sites is 1. The maximum atomic E-state index is 9.88. The zero-order valence-electron chi connectivity index (χ0n) is 9.16. The lowest BCUT2D eigenvalue weighted by atomic mass is 10.2. The van der Waals surface area contributed by atoms with E-state index in [9.17, 15) is 4.57 Å². The number of fused-ring (bicyclic) bond motifs is 1. The molecule has 0 spiro atoms. The Labute approximate surface area is 95.2 Å². The molecule has 1 heterocycles. The molecule has 4 nitrogen and oxygen atoms in total. The Morgan fingerprint density at radius 2 is 1.69 bits per heavy atom. The number of pyridine rings is 1. The number of hydrogen-bond donors (Lipinski definition) is 0. The van der Waals surface area contributed by atoms with Crippen LogP contribution in [0.4, 0.5) is 0 Å². The molecule has 0 aliphatic rings. The summed E-state index contributed by atoms with van der Waals surface area (Å²) in [6.07, 6.45) is 1.81. The quantitative estimate of drug-likeness (QED) is 0.754. The lowest BCUT2D eigenvalue weighted by Crippen LogP contribution is -1.73. The largest absolute Gasteiger partial charge is 0.696 e. The Morgan fingerprint density at radius 1 is 1.06 bits per heavy atom. The first-order chi connectivity index (χ1) is 7.77. The highest BCUT2D eigenvalue weighted by molar-refractivity contribution is 7.33. The van der Waals surface area contributed by atoms with Crippen LogP contribution >= 0.6 is 8.25 Å². The second-order valence-electron chi connectivity index (χ2n) is 2.78. The van der Waals surface area contributed by atoms with E-state index in [2.05, 4.69) is 26.2 Å². The molecule has 0 unspecified atom stereocenters. The predicted molar refractivity (Wildman–Crippen MR) is 63.4 cm³/mol. The fourth-order valence-electron chi connectivity index (χ4n) is 1.09. The van der Waals surface area contributed by atoms with Crippen LogP contribution in [0.5, 0.6) is 0 Å². The molecule has 0 N–H and O–H groups in total. The average molecular weight is 238 g/mol. The van der Waals surface area contributed by atoms with E-state index in [1.807, 2.05) is 30.5 Å². The molecule has 1 aromatic carbocycles. The van der Waals surface area contributed by atoms with Gasteiger partial charge in [-0.3, -0.25) is 4.98 Å². The van der Waals surface area contributed by atoms with E-state index in [4.69, 9.17) is 0 Å². The SMILES string of the molecule is CO[P+](=O)OC.c1ccc2ncccc2c1. The van der Waals surface area contributed by atoms with Gasteiger partial charge in [0.15, 0.2) is 0 Å². The molecule has 16 heavy (non-hydrogen) atoms. The van der Waals surface area contributed by atoms with Crippen molar-refractivity contribution >= 4 is 19.2 Å². The number of rotatable bonds is 2. The van der Waals surface area contributed by atoms with Gasteiger partial charge in [-0.15, -0.1) is 9.05 Å². The Hall–Kier alpha value is -1.35. The number of nitrogens with zero attached hydrogens (tertiary/aromatic N) is 1. The van der Waals surface area contributed by atoms with Crippen molar-refractivity contribution in [3.63, 3.8) is 0 Å². The number of hydrogen-bond acceptors (Lipinski definition) is 4. The summed E-state index contributed by atoms with van der Waals surface area (Å²) in [7, 11) is 0.817. The van der Waals surface area contributed by atoms with Gasteiger partial charge < -0.3 is 0 Å². The van der Waals surface area contributed by atoms with E-state index < -0.39 is 8.25 Å². The third kappa shape index (κ3) is 4.03. The maximum Gasteiger partial charge on any atom is 0.696 e. The van der Waals surface area contributed by atoms with Gasteiger partial charge in [-0.1, -0.05) is 24.3 Å². The van der Waals surface area contributed by atoms with Crippen molar-refractivity contribution < 1.29 is 13.6 Å². The van der Waals surface area contributed by atoms with Gasteiger partial charge in [0.05, 0.1) is 19.7 Å². The van der Waals surface area contributed by atoms with Gasteiger partial charge in [0.1, 0.15) is 0 Å². The summed E-state index contributed by atoms with van der Waals surface area (Å²) in [6, 6.07) is 12.1. The topological polar surface area (TPSA) is 48.4 Å². The second-order valence-corrected chi connectivity index (χ2v) is 3.96. The van der Waals surface area contributed by atoms with Gasteiger partial charge in [0.2, 0.25) is 0 Å². The molecule has 0 saturated heterocycles. The first kappa shape index (κ1) is 12.7. The zero-order valence-corrected chi connectivity index (χ0v) is 10.1. The molecule has 0 atom stereocenters. The van der Waals surface area contributed by atoms with Gasteiger partial charge in [0.25, 0.3) is 0 Å². The van der Waals surface area contributed by atoms with Crippen molar-refractivity contribution in [3.05, 3.63) is 42.6 Å². The van der Waals surface area contributed by atoms with Crippen molar-refractivity contribution in [1.29, 1.82) is 0 Å². The zero-order chi connectivity index (χ0) is 11.8. The minimum Gasteiger partial charge on any atom is -0.256 e. The molecule has 0 bridgehead atoms. The Balaban J connectivity index is 0.000000187. The van der Waals surface area contributed by atoms with Gasteiger partial charge in [0, 0.05) is 16.1 Å². The molecule has 2 rings (SSSR count). The van der Waals surface area contributed by atoms with E-state index in [1.54, 1.807) is 0 Å². The Bertz CT molecular complexity index is 390. The van der Waals surface area contributed by atoms with Crippen LogP contribution in [0.3, 0.4) is 0 Å². The van der Waals surface area contributed by atoms with Gasteiger partial charge >= 0.3 is 8.25 Å². The van der Waals surface area contributed by atoms with E-state index in [-0.39, 0.29) is 0 Å². The van der Waals surface area contributed by atoms with Gasteiger partial charge in [-0.2, -0.15) is 0 Å². The van der Waals surface area contributed by atoms with E-state index in [0.29, 0.717) is 0 Å². The molecule has 0 aliphatic carbocycles. The molecule has 84 valence electrons. The van der Waals surface area contributed by atoms with Crippen LogP contribution in [0.1, 0.15) is 0 Å². The van der Waals surface area contributed by atoms with Crippen molar-refractivity contribution in [2.75, 3.05) is 14.2 Å². The van der Waals surface area contributed by atoms with Crippen molar-refractivity contribution in [2.24, 2.45) is 0 Å². The fourth-order valence-corrected chi connectivity index (χ4v) is 1.24. The molecule has 1 aromatic heterocycles. The fraction of sp³-hybridized carbons (Fsp3) is 0.182. The van der Waals surface area contributed by atoms with Crippen LogP contribution in [-0.2, 0) is 13.6 Å². The van der Waals surface area contributed by atoms with Crippen molar-refractivity contribution in [1.82, 2.24) is 4.98 Å². The lowest BCUT2D eigenvalue weighted by molar-refractivity contribution is 0.302. The minimum absolute atomic E-state index is 1.06. The second kappa shape index (κ2) is 7.01. The highest BCUT2D eigenvalue weighted by Gasteiger charge is 2.10. The predicted octanol–water partition coefficient (Wildman–Crippen LogP) is 3.17. The van der Waals surface area contributed by atoms with Gasteiger partial charge in [-0.05, 0) is 12.1 Å². The third-order valence-electron chi connectivity index (χ3n) is 1.81. The Morgan fingerprint density at radius 3 is 2.25 bits per heavy atom. The number of aromatic nitrogens is 1. The van der Waals surface area contributed by atoms with E-state index >= 15 is 0 Å². The first-order valence-corrected chi connectivity index (χ1v) is 5.72. The molecular formula is C11H13NO3P+. The van der Waals surface area contributed by atoms with Crippen molar-refractivity contribution in [3.8, 4) is 0 Å². The third-order valence-corrected chi connectivity index (χ3v) is 2.41.